The van der Waals surface area contributed by atoms with Gasteiger partial charge in [0.2, 0.25) is 11.8 Å². The average Bonchev–Trinajstić information content (AvgIpc) is 2.84. The number of allylic oxidation sites excluding steroid dienone is 2. The molecule has 10 nitrogen and oxygen atoms in total. The highest BCUT2D eigenvalue weighted by molar-refractivity contribution is 5.92. The fourth-order valence-electron chi connectivity index (χ4n) is 3.56. The van der Waals surface area contributed by atoms with E-state index in [9.17, 15) is 14.9 Å². The second-order valence-electron chi connectivity index (χ2n) is 7.23. The Balaban J connectivity index is 2.01. The lowest BCUT2D eigenvalue weighted by atomic mass is 9.83. The van der Waals surface area contributed by atoms with Crippen molar-refractivity contribution in [3.8, 4) is 23.4 Å². The predicted octanol–water partition coefficient (Wildman–Crippen LogP) is 3.70. The number of methoxy groups -OCH3 is 1. The highest BCUT2D eigenvalue weighted by atomic mass is 16.5. The van der Waals surface area contributed by atoms with Crippen molar-refractivity contribution < 1.29 is 33.3 Å². The molecule has 0 fully saturated rings. The summed E-state index contributed by atoms with van der Waals surface area (Å²) in [5.74, 6) is -1.05. The van der Waals surface area contributed by atoms with Crippen LogP contribution in [0, 0.1) is 11.3 Å². The molecular formula is C25H25N3O7. The second kappa shape index (κ2) is 11.1. The minimum absolute atomic E-state index is 0.0678. The second-order valence-corrected chi connectivity index (χ2v) is 7.23. The normalized spacial score (nSPS) is 15.1. The third kappa shape index (κ3) is 5.35. The van der Waals surface area contributed by atoms with Gasteiger partial charge in [0, 0.05) is 12.3 Å². The van der Waals surface area contributed by atoms with Crippen LogP contribution in [0.3, 0.4) is 0 Å². The van der Waals surface area contributed by atoms with E-state index in [0.717, 1.165) is 0 Å². The van der Waals surface area contributed by atoms with Gasteiger partial charge in [0.15, 0.2) is 11.5 Å². The molecule has 2 aromatic rings. The highest BCUT2D eigenvalue weighted by Gasteiger charge is 2.36. The molecule has 1 aliphatic heterocycles. The summed E-state index contributed by atoms with van der Waals surface area (Å²) in [5, 5.41) is 9.75. The Labute approximate surface area is 202 Å². The van der Waals surface area contributed by atoms with Gasteiger partial charge in [-0.15, -0.1) is 0 Å². The molecule has 1 aromatic carbocycles. The van der Waals surface area contributed by atoms with E-state index in [1.807, 2.05) is 6.07 Å². The van der Waals surface area contributed by atoms with Crippen molar-refractivity contribution in [3.05, 3.63) is 70.4 Å². The van der Waals surface area contributed by atoms with Crippen LogP contribution in [0.15, 0.2) is 59.3 Å². The summed E-state index contributed by atoms with van der Waals surface area (Å²) in [5.41, 5.74) is 7.01. The van der Waals surface area contributed by atoms with Crippen molar-refractivity contribution in [2.24, 2.45) is 5.73 Å². The summed E-state index contributed by atoms with van der Waals surface area (Å²) >= 11 is 0. The van der Waals surface area contributed by atoms with Crippen LogP contribution in [0.2, 0.25) is 0 Å². The number of benzene rings is 1. The van der Waals surface area contributed by atoms with Crippen LogP contribution in [0.25, 0.3) is 0 Å². The van der Waals surface area contributed by atoms with Gasteiger partial charge in [-0.05, 0) is 44.5 Å². The smallest absolute Gasteiger partial charge is 0.338 e. The first-order chi connectivity index (χ1) is 16.8. The molecular weight excluding hydrogens is 454 g/mol. The maximum absolute atomic E-state index is 12.7. The SMILES string of the molecule is CCOC(=O)C1=C(C)OC(N)=C(C#N)C1c1ccc(Oc2cc(C(=O)OCC)ccn2)c(OC)c1. The number of nitrogens with two attached hydrogens (primary N) is 1. The van der Waals surface area contributed by atoms with Gasteiger partial charge >= 0.3 is 11.9 Å². The van der Waals surface area contributed by atoms with Crippen LogP contribution < -0.4 is 15.2 Å². The molecule has 0 radical (unpaired) electrons. The molecule has 10 heteroatoms. The van der Waals surface area contributed by atoms with Crippen molar-refractivity contribution in [2.75, 3.05) is 20.3 Å². The van der Waals surface area contributed by atoms with Crippen LogP contribution in [0.4, 0.5) is 0 Å². The molecule has 1 aliphatic rings. The van der Waals surface area contributed by atoms with Crippen molar-refractivity contribution in [3.63, 3.8) is 0 Å². The average molecular weight is 479 g/mol. The van der Waals surface area contributed by atoms with Gasteiger partial charge in [-0.2, -0.15) is 5.26 Å². The number of nitriles is 1. The summed E-state index contributed by atoms with van der Waals surface area (Å²) < 4.78 is 27.0. The maximum Gasteiger partial charge on any atom is 0.338 e. The molecule has 0 amide bonds. The van der Waals surface area contributed by atoms with Crippen LogP contribution in [0.1, 0.15) is 42.6 Å². The number of carbonyl (C=O) groups excluding carboxylic acids is 2. The maximum atomic E-state index is 12.7. The predicted molar refractivity (Wildman–Crippen MR) is 123 cm³/mol. The molecule has 3 rings (SSSR count). The third-order valence-electron chi connectivity index (χ3n) is 5.08. The van der Waals surface area contributed by atoms with Gasteiger partial charge in [0.1, 0.15) is 17.4 Å². The largest absolute Gasteiger partial charge is 0.493 e. The first-order valence-corrected chi connectivity index (χ1v) is 10.8. The molecule has 2 N–H and O–H groups in total. The Bertz CT molecular complexity index is 1240. The van der Waals surface area contributed by atoms with E-state index >= 15 is 0 Å². The molecule has 35 heavy (non-hydrogen) atoms. The van der Waals surface area contributed by atoms with E-state index < -0.39 is 17.9 Å². The quantitative estimate of drug-likeness (QED) is 0.557. The van der Waals surface area contributed by atoms with Gasteiger partial charge in [0.25, 0.3) is 0 Å². The minimum Gasteiger partial charge on any atom is -0.493 e. The number of nitrogens with zero attached hydrogens (tertiary/aromatic N) is 2. The van der Waals surface area contributed by atoms with Gasteiger partial charge in [-0.1, -0.05) is 6.07 Å². The number of pyridine rings is 1. The highest BCUT2D eigenvalue weighted by Crippen LogP contribution is 2.42. The third-order valence-corrected chi connectivity index (χ3v) is 5.08. The standard InChI is InChI=1S/C25H25N3O7/c1-5-32-24(29)16-9-10-28-20(12-16)35-18-8-7-15(11-19(18)31-4)22-17(13-26)23(27)34-14(3)21(22)25(30)33-6-2/h7-12,22H,5-6,27H2,1-4H3. The van der Waals surface area contributed by atoms with E-state index in [2.05, 4.69) is 4.98 Å². The van der Waals surface area contributed by atoms with Gasteiger partial charge in [-0.25, -0.2) is 14.6 Å². The van der Waals surface area contributed by atoms with E-state index in [1.165, 1.54) is 25.4 Å². The Morgan fingerprint density at radius 1 is 1.11 bits per heavy atom. The molecule has 0 bridgehead atoms. The van der Waals surface area contributed by atoms with Crippen molar-refractivity contribution in [2.45, 2.75) is 26.7 Å². The molecule has 1 atom stereocenters. The number of aromatic nitrogens is 1. The monoisotopic (exact) mass is 479 g/mol. The van der Waals surface area contributed by atoms with Crippen molar-refractivity contribution in [1.29, 1.82) is 5.26 Å². The number of rotatable bonds is 8. The van der Waals surface area contributed by atoms with Gasteiger partial charge in [-0.3, -0.25) is 0 Å². The number of esters is 2. The van der Waals surface area contributed by atoms with Crippen LogP contribution in [-0.2, 0) is 19.0 Å². The van der Waals surface area contributed by atoms with Crippen LogP contribution >= 0.6 is 0 Å². The lowest BCUT2D eigenvalue weighted by Gasteiger charge is -2.27. The Morgan fingerprint density at radius 2 is 1.83 bits per heavy atom. The lowest BCUT2D eigenvalue weighted by molar-refractivity contribution is -0.139. The van der Waals surface area contributed by atoms with E-state index in [0.29, 0.717) is 17.1 Å². The first-order valence-electron chi connectivity index (χ1n) is 10.8. The first kappa shape index (κ1) is 25.1. The van der Waals surface area contributed by atoms with E-state index in [4.69, 9.17) is 29.4 Å². The zero-order valence-corrected chi connectivity index (χ0v) is 19.8. The summed E-state index contributed by atoms with van der Waals surface area (Å²) in [6, 6.07) is 9.89. The molecule has 0 spiro atoms. The summed E-state index contributed by atoms with van der Waals surface area (Å²) in [6.45, 7) is 5.37. The minimum atomic E-state index is -0.832. The number of hydrogen-bond acceptors (Lipinski definition) is 10. The Hall–Kier alpha value is -4.52. The lowest BCUT2D eigenvalue weighted by Crippen LogP contribution is -2.25. The van der Waals surface area contributed by atoms with Crippen molar-refractivity contribution >= 4 is 11.9 Å². The number of hydrogen-bond donors (Lipinski definition) is 1. The molecule has 0 saturated heterocycles. The molecule has 2 heterocycles. The molecule has 1 unspecified atom stereocenters. The molecule has 182 valence electrons. The summed E-state index contributed by atoms with van der Waals surface area (Å²) in [4.78, 5) is 28.9. The van der Waals surface area contributed by atoms with Crippen LogP contribution in [0.5, 0.6) is 17.4 Å². The Morgan fingerprint density at radius 3 is 2.49 bits per heavy atom. The molecule has 0 aliphatic carbocycles. The fraction of sp³-hybridized carbons (Fsp3) is 0.280. The summed E-state index contributed by atoms with van der Waals surface area (Å²) in [7, 11) is 1.45. The van der Waals surface area contributed by atoms with Gasteiger partial charge in [0.05, 0.1) is 37.4 Å². The topological polar surface area (TPSA) is 143 Å². The molecule has 1 aromatic heterocycles. The molecule has 0 saturated carbocycles. The zero-order valence-electron chi connectivity index (χ0n) is 19.8. The van der Waals surface area contributed by atoms with E-state index in [1.54, 1.807) is 39.0 Å². The zero-order chi connectivity index (χ0) is 25.5. The summed E-state index contributed by atoms with van der Waals surface area (Å²) in [6.07, 6.45) is 1.43. The fourth-order valence-corrected chi connectivity index (χ4v) is 3.56. The Kier molecular flexibility index (Phi) is 7.94. The van der Waals surface area contributed by atoms with Gasteiger partial charge < -0.3 is 29.4 Å². The number of carbonyl (C=O) groups is 2. The van der Waals surface area contributed by atoms with E-state index in [-0.39, 0.29) is 47.4 Å². The number of ether oxygens (including phenoxy) is 5. The van der Waals surface area contributed by atoms with Crippen LogP contribution in [-0.4, -0.2) is 37.2 Å². The van der Waals surface area contributed by atoms with Crippen molar-refractivity contribution in [1.82, 2.24) is 4.98 Å².